The maximum atomic E-state index is 13.8. The van der Waals surface area contributed by atoms with Crippen LogP contribution in [-0.4, -0.2) is 29.1 Å². The molecule has 0 spiro atoms. The molecule has 0 saturated carbocycles. The number of aliphatic imine (C=N–C) groups is 1. The Morgan fingerprint density at radius 3 is 2.87 bits per heavy atom. The normalized spacial score (nSPS) is 14.0. The summed E-state index contributed by atoms with van der Waals surface area (Å²) < 4.78 is 13.8. The molecule has 0 bridgehead atoms. The highest BCUT2D eigenvalue weighted by atomic mass is 35.5. The second kappa shape index (κ2) is 7.15. The predicted molar refractivity (Wildman–Crippen MR) is 92.5 cm³/mol. The van der Waals surface area contributed by atoms with Gasteiger partial charge in [0.15, 0.2) is 5.17 Å². The number of nitrogens with zero attached hydrogens (tertiary/aromatic N) is 2. The van der Waals surface area contributed by atoms with Gasteiger partial charge in [0.05, 0.1) is 12.1 Å². The molecule has 0 aliphatic carbocycles. The fourth-order valence-electron chi connectivity index (χ4n) is 2.29. The SMILES string of the molecule is O=C(c1ccccc1F)N1CCN=C1SCc1cccc(Cl)c1. The van der Waals surface area contributed by atoms with E-state index in [4.69, 9.17) is 11.6 Å². The Bertz CT molecular complexity index is 766. The Hall–Kier alpha value is -1.85. The van der Waals surface area contributed by atoms with Crippen molar-refractivity contribution in [3.8, 4) is 0 Å². The van der Waals surface area contributed by atoms with Gasteiger partial charge in [-0.2, -0.15) is 0 Å². The summed E-state index contributed by atoms with van der Waals surface area (Å²) in [5.74, 6) is -0.206. The van der Waals surface area contributed by atoms with Crippen LogP contribution in [0.15, 0.2) is 53.5 Å². The van der Waals surface area contributed by atoms with Crippen LogP contribution >= 0.6 is 23.4 Å². The van der Waals surface area contributed by atoms with E-state index in [0.717, 1.165) is 5.56 Å². The van der Waals surface area contributed by atoms with Gasteiger partial charge < -0.3 is 0 Å². The summed E-state index contributed by atoms with van der Waals surface area (Å²) in [6.45, 7) is 1.02. The zero-order chi connectivity index (χ0) is 16.2. The van der Waals surface area contributed by atoms with Gasteiger partial charge in [0.1, 0.15) is 5.82 Å². The van der Waals surface area contributed by atoms with Crippen LogP contribution in [-0.2, 0) is 5.75 Å². The van der Waals surface area contributed by atoms with Crippen LogP contribution in [0.4, 0.5) is 4.39 Å². The Labute approximate surface area is 143 Å². The van der Waals surface area contributed by atoms with Crippen molar-refractivity contribution in [2.45, 2.75) is 5.75 Å². The summed E-state index contributed by atoms with van der Waals surface area (Å²) in [7, 11) is 0. The van der Waals surface area contributed by atoms with E-state index >= 15 is 0 Å². The first-order valence-electron chi connectivity index (χ1n) is 7.13. The van der Waals surface area contributed by atoms with E-state index in [0.29, 0.717) is 29.0 Å². The van der Waals surface area contributed by atoms with Gasteiger partial charge in [-0.05, 0) is 29.8 Å². The second-order valence-electron chi connectivity index (χ2n) is 5.02. The Kier molecular flexibility index (Phi) is 4.98. The molecule has 0 unspecified atom stereocenters. The fraction of sp³-hybridized carbons (Fsp3) is 0.176. The van der Waals surface area contributed by atoms with Crippen LogP contribution < -0.4 is 0 Å². The molecule has 0 atom stereocenters. The van der Waals surface area contributed by atoms with E-state index in [-0.39, 0.29) is 11.5 Å². The minimum atomic E-state index is -0.511. The zero-order valence-electron chi connectivity index (χ0n) is 12.2. The van der Waals surface area contributed by atoms with Crippen molar-refractivity contribution >= 4 is 34.4 Å². The molecular formula is C17H14ClFN2OS. The van der Waals surface area contributed by atoms with Crippen LogP contribution in [0.25, 0.3) is 0 Å². The topological polar surface area (TPSA) is 32.7 Å². The maximum absolute atomic E-state index is 13.8. The zero-order valence-corrected chi connectivity index (χ0v) is 13.8. The highest BCUT2D eigenvalue weighted by Crippen LogP contribution is 2.23. The van der Waals surface area contributed by atoms with Gasteiger partial charge in [0, 0.05) is 17.3 Å². The molecule has 0 saturated heterocycles. The molecule has 23 heavy (non-hydrogen) atoms. The molecule has 1 aliphatic rings. The molecular weight excluding hydrogens is 335 g/mol. The number of rotatable bonds is 3. The average Bonchev–Trinajstić information content (AvgIpc) is 3.01. The molecule has 3 rings (SSSR count). The number of carbonyl (C=O) groups is 1. The number of benzene rings is 2. The van der Waals surface area contributed by atoms with Gasteiger partial charge in [-0.15, -0.1) is 0 Å². The van der Waals surface area contributed by atoms with Crippen molar-refractivity contribution in [2.24, 2.45) is 4.99 Å². The maximum Gasteiger partial charge on any atom is 0.262 e. The van der Waals surface area contributed by atoms with Gasteiger partial charge in [-0.3, -0.25) is 14.7 Å². The molecule has 3 nitrogen and oxygen atoms in total. The average molecular weight is 349 g/mol. The molecule has 1 heterocycles. The third kappa shape index (κ3) is 3.74. The molecule has 6 heteroatoms. The predicted octanol–water partition coefficient (Wildman–Crippen LogP) is 4.22. The molecule has 0 N–H and O–H groups in total. The molecule has 1 amide bonds. The summed E-state index contributed by atoms with van der Waals surface area (Å²) in [4.78, 5) is 18.4. The first kappa shape index (κ1) is 16.0. The highest BCUT2D eigenvalue weighted by Gasteiger charge is 2.26. The van der Waals surface area contributed by atoms with Crippen molar-refractivity contribution in [1.29, 1.82) is 0 Å². The Balaban J connectivity index is 1.70. The lowest BCUT2D eigenvalue weighted by atomic mass is 10.2. The number of hydrogen-bond acceptors (Lipinski definition) is 3. The van der Waals surface area contributed by atoms with Crippen molar-refractivity contribution in [3.63, 3.8) is 0 Å². The lowest BCUT2D eigenvalue weighted by Crippen LogP contribution is -2.33. The Morgan fingerprint density at radius 2 is 2.09 bits per heavy atom. The molecule has 118 valence electrons. The molecule has 1 aliphatic heterocycles. The van der Waals surface area contributed by atoms with E-state index in [1.807, 2.05) is 24.3 Å². The van der Waals surface area contributed by atoms with Crippen LogP contribution in [0.2, 0.25) is 5.02 Å². The third-order valence-corrected chi connectivity index (χ3v) is 4.73. The molecule has 0 radical (unpaired) electrons. The van der Waals surface area contributed by atoms with Crippen LogP contribution in [0.1, 0.15) is 15.9 Å². The largest absolute Gasteiger partial charge is 0.285 e. The van der Waals surface area contributed by atoms with E-state index < -0.39 is 5.82 Å². The van der Waals surface area contributed by atoms with Gasteiger partial charge in [-0.25, -0.2) is 4.39 Å². The van der Waals surface area contributed by atoms with Crippen molar-refractivity contribution < 1.29 is 9.18 Å². The number of amidine groups is 1. The quantitative estimate of drug-likeness (QED) is 0.831. The minimum Gasteiger partial charge on any atom is -0.285 e. The standard InChI is InChI=1S/C17H14ClFN2OS/c18-13-5-3-4-12(10-13)11-23-17-20-8-9-21(17)16(22)14-6-1-2-7-15(14)19/h1-7,10H,8-9,11H2. The molecule has 2 aromatic carbocycles. The first-order valence-corrected chi connectivity index (χ1v) is 8.49. The molecule has 2 aromatic rings. The van der Waals surface area contributed by atoms with Crippen LogP contribution in [0.5, 0.6) is 0 Å². The van der Waals surface area contributed by atoms with E-state index in [2.05, 4.69) is 4.99 Å². The smallest absolute Gasteiger partial charge is 0.262 e. The summed E-state index contributed by atoms with van der Waals surface area (Å²) in [5, 5.41) is 1.30. The van der Waals surface area contributed by atoms with Gasteiger partial charge in [0.25, 0.3) is 5.91 Å². The molecule has 0 fully saturated rings. The summed E-state index contributed by atoms with van der Waals surface area (Å²) in [5.41, 5.74) is 1.13. The van der Waals surface area contributed by atoms with Gasteiger partial charge >= 0.3 is 0 Å². The van der Waals surface area contributed by atoms with E-state index in [9.17, 15) is 9.18 Å². The minimum absolute atomic E-state index is 0.0745. The van der Waals surface area contributed by atoms with Crippen molar-refractivity contribution in [1.82, 2.24) is 4.90 Å². The van der Waals surface area contributed by atoms with Crippen molar-refractivity contribution in [2.75, 3.05) is 13.1 Å². The van der Waals surface area contributed by atoms with Crippen LogP contribution in [0.3, 0.4) is 0 Å². The third-order valence-electron chi connectivity index (χ3n) is 3.41. The molecule has 0 aromatic heterocycles. The summed E-state index contributed by atoms with van der Waals surface area (Å²) in [6, 6.07) is 13.6. The number of carbonyl (C=O) groups excluding carboxylic acids is 1. The number of amides is 1. The first-order chi connectivity index (χ1) is 11.1. The highest BCUT2D eigenvalue weighted by molar-refractivity contribution is 8.13. The number of hydrogen-bond donors (Lipinski definition) is 0. The monoisotopic (exact) mass is 348 g/mol. The Morgan fingerprint density at radius 1 is 1.26 bits per heavy atom. The lowest BCUT2D eigenvalue weighted by Gasteiger charge is -2.18. The lowest BCUT2D eigenvalue weighted by molar-refractivity contribution is 0.0856. The van der Waals surface area contributed by atoms with Crippen LogP contribution in [0, 0.1) is 5.82 Å². The summed E-state index contributed by atoms with van der Waals surface area (Å²) in [6.07, 6.45) is 0. The van der Waals surface area contributed by atoms with E-state index in [1.165, 1.54) is 28.8 Å². The van der Waals surface area contributed by atoms with E-state index in [1.54, 1.807) is 12.1 Å². The van der Waals surface area contributed by atoms with Gasteiger partial charge in [-0.1, -0.05) is 47.6 Å². The number of thioether (sulfide) groups is 1. The van der Waals surface area contributed by atoms with Crippen molar-refractivity contribution in [3.05, 3.63) is 70.5 Å². The van der Waals surface area contributed by atoms with Gasteiger partial charge in [0.2, 0.25) is 0 Å². The summed E-state index contributed by atoms with van der Waals surface area (Å²) >= 11 is 7.43. The number of halogens is 2. The second-order valence-corrected chi connectivity index (χ2v) is 6.40. The fourth-order valence-corrected chi connectivity index (χ4v) is 3.49.